The summed E-state index contributed by atoms with van der Waals surface area (Å²) in [4.78, 5) is 24.3. The van der Waals surface area contributed by atoms with Gasteiger partial charge in [-0.1, -0.05) is 30.3 Å². The smallest absolute Gasteiger partial charge is 0.344 e. The zero-order valence-corrected chi connectivity index (χ0v) is 16.9. The first-order chi connectivity index (χ1) is 15.0. The topological polar surface area (TPSA) is 100 Å². The van der Waals surface area contributed by atoms with Gasteiger partial charge in [-0.15, -0.1) is 0 Å². The molecule has 2 N–H and O–H groups in total. The minimum atomic E-state index is -1.04. The largest absolute Gasteiger partial charge is 0.482 e. The lowest BCUT2D eigenvalue weighted by Crippen LogP contribution is -2.31. The van der Waals surface area contributed by atoms with Crippen LogP contribution in [0.2, 0.25) is 0 Å². The highest BCUT2D eigenvalue weighted by Crippen LogP contribution is 2.20. The van der Waals surface area contributed by atoms with Crippen molar-refractivity contribution in [2.24, 2.45) is 0 Å². The molecule has 7 nitrogen and oxygen atoms in total. The van der Waals surface area contributed by atoms with Crippen molar-refractivity contribution in [2.45, 2.75) is 13.0 Å². The summed E-state index contributed by atoms with van der Waals surface area (Å²) in [7, 11) is 0. The molecule has 0 bridgehead atoms. The highest BCUT2D eigenvalue weighted by molar-refractivity contribution is 5.96. The Hall–Kier alpha value is -4.31. The molecule has 1 atom stereocenters. The Kier molecular flexibility index (Phi) is 7.22. The van der Waals surface area contributed by atoms with Crippen LogP contribution in [-0.2, 0) is 14.3 Å². The molecule has 7 heteroatoms. The van der Waals surface area contributed by atoms with Crippen LogP contribution in [0, 0.1) is 11.3 Å². The molecule has 3 aromatic rings. The highest BCUT2D eigenvalue weighted by atomic mass is 16.6. The molecule has 3 aromatic carbocycles. The molecule has 31 heavy (non-hydrogen) atoms. The fraction of sp³-hybridized carbons (Fsp3) is 0.125. The van der Waals surface area contributed by atoms with Crippen molar-refractivity contribution in [1.82, 2.24) is 0 Å². The molecule has 0 aliphatic heterocycles. The SMILES string of the molecule is C[C@H](OC(=O)COc1ccc(Nc2ccccc2)cc1)C(=O)Nc1ccccc1C#N. The van der Waals surface area contributed by atoms with Gasteiger partial charge in [-0.2, -0.15) is 5.26 Å². The monoisotopic (exact) mass is 415 g/mol. The van der Waals surface area contributed by atoms with Gasteiger partial charge in [-0.3, -0.25) is 4.79 Å². The van der Waals surface area contributed by atoms with E-state index in [-0.39, 0.29) is 6.61 Å². The predicted octanol–water partition coefficient (Wildman–Crippen LogP) is 4.25. The van der Waals surface area contributed by atoms with Crippen LogP contribution in [-0.4, -0.2) is 24.6 Å². The van der Waals surface area contributed by atoms with Gasteiger partial charge in [-0.05, 0) is 55.5 Å². The average molecular weight is 415 g/mol. The van der Waals surface area contributed by atoms with E-state index in [1.807, 2.05) is 48.5 Å². The summed E-state index contributed by atoms with van der Waals surface area (Å²) in [6, 6.07) is 25.4. The van der Waals surface area contributed by atoms with Crippen LogP contribution >= 0.6 is 0 Å². The molecule has 0 spiro atoms. The first-order valence-corrected chi connectivity index (χ1v) is 9.59. The number of nitrogens with one attached hydrogen (secondary N) is 2. The lowest BCUT2D eigenvalue weighted by molar-refractivity contribution is -0.155. The van der Waals surface area contributed by atoms with E-state index in [0.29, 0.717) is 17.0 Å². The standard InChI is InChI=1S/C24H21N3O4/c1-17(24(29)27-22-10-6-5-7-18(22)15-25)31-23(28)16-30-21-13-11-20(12-14-21)26-19-8-3-2-4-9-19/h2-14,17,26H,16H2,1H3,(H,27,29)/t17-/m0/s1. The molecule has 3 rings (SSSR count). The Labute approximate surface area is 180 Å². The maximum absolute atomic E-state index is 12.2. The van der Waals surface area contributed by atoms with Crippen LogP contribution in [0.5, 0.6) is 5.75 Å². The van der Waals surface area contributed by atoms with E-state index < -0.39 is 18.0 Å². The molecule has 0 aliphatic rings. The summed E-state index contributed by atoms with van der Waals surface area (Å²) in [5.41, 5.74) is 2.52. The number of esters is 1. The minimum Gasteiger partial charge on any atom is -0.482 e. The number of carbonyl (C=O) groups is 2. The molecule has 0 aromatic heterocycles. The molecule has 0 heterocycles. The summed E-state index contributed by atoms with van der Waals surface area (Å²) in [6.45, 7) is 1.12. The van der Waals surface area contributed by atoms with E-state index in [4.69, 9.17) is 14.7 Å². The second-order valence-corrected chi connectivity index (χ2v) is 6.58. The quantitative estimate of drug-likeness (QED) is 0.534. The fourth-order valence-electron chi connectivity index (χ4n) is 2.67. The van der Waals surface area contributed by atoms with Crippen LogP contribution in [0.4, 0.5) is 17.1 Å². The highest BCUT2D eigenvalue weighted by Gasteiger charge is 2.19. The van der Waals surface area contributed by atoms with Gasteiger partial charge in [0.25, 0.3) is 5.91 Å². The number of nitrogens with zero attached hydrogens (tertiary/aromatic N) is 1. The van der Waals surface area contributed by atoms with Gasteiger partial charge in [0, 0.05) is 11.4 Å². The van der Waals surface area contributed by atoms with Crippen molar-refractivity contribution in [3.63, 3.8) is 0 Å². The normalized spacial score (nSPS) is 11.0. The Morgan fingerprint density at radius 3 is 2.29 bits per heavy atom. The van der Waals surface area contributed by atoms with Gasteiger partial charge < -0.3 is 20.1 Å². The van der Waals surface area contributed by atoms with Crippen molar-refractivity contribution in [1.29, 1.82) is 5.26 Å². The summed E-state index contributed by atoms with van der Waals surface area (Å²) in [5, 5.41) is 14.9. The van der Waals surface area contributed by atoms with Crippen molar-refractivity contribution in [3.8, 4) is 11.8 Å². The van der Waals surface area contributed by atoms with Crippen molar-refractivity contribution >= 4 is 28.9 Å². The maximum Gasteiger partial charge on any atom is 0.344 e. The van der Waals surface area contributed by atoms with Gasteiger partial charge in [-0.25, -0.2) is 4.79 Å². The van der Waals surface area contributed by atoms with E-state index in [1.165, 1.54) is 6.92 Å². The lowest BCUT2D eigenvalue weighted by atomic mass is 10.2. The number of carbonyl (C=O) groups excluding carboxylic acids is 2. The Balaban J connectivity index is 1.46. The Morgan fingerprint density at radius 2 is 1.58 bits per heavy atom. The zero-order chi connectivity index (χ0) is 22.1. The number of rotatable bonds is 8. The minimum absolute atomic E-state index is 0.322. The van der Waals surface area contributed by atoms with Crippen molar-refractivity contribution < 1.29 is 19.1 Å². The van der Waals surface area contributed by atoms with Gasteiger partial charge in [0.05, 0.1) is 11.3 Å². The number of para-hydroxylation sites is 2. The lowest BCUT2D eigenvalue weighted by Gasteiger charge is -2.14. The summed E-state index contributed by atoms with van der Waals surface area (Å²) in [5.74, 6) is -0.717. The molecular weight excluding hydrogens is 394 g/mol. The molecule has 156 valence electrons. The molecule has 0 saturated carbocycles. The first-order valence-electron chi connectivity index (χ1n) is 9.59. The Bertz CT molecular complexity index is 1080. The van der Waals surface area contributed by atoms with E-state index in [1.54, 1.807) is 36.4 Å². The first kappa shape index (κ1) is 21.4. The zero-order valence-electron chi connectivity index (χ0n) is 16.9. The van der Waals surface area contributed by atoms with Crippen molar-refractivity contribution in [2.75, 3.05) is 17.2 Å². The predicted molar refractivity (Wildman–Crippen MR) is 117 cm³/mol. The van der Waals surface area contributed by atoms with E-state index in [9.17, 15) is 9.59 Å². The van der Waals surface area contributed by atoms with Gasteiger partial charge in [0.1, 0.15) is 11.8 Å². The number of hydrogen-bond donors (Lipinski definition) is 2. The number of ether oxygens (including phenoxy) is 2. The fourth-order valence-corrected chi connectivity index (χ4v) is 2.67. The number of amides is 1. The van der Waals surface area contributed by atoms with Crippen LogP contribution in [0.25, 0.3) is 0 Å². The Morgan fingerprint density at radius 1 is 0.935 bits per heavy atom. The van der Waals surface area contributed by atoms with Gasteiger partial charge >= 0.3 is 5.97 Å². The number of benzene rings is 3. The maximum atomic E-state index is 12.2. The van der Waals surface area contributed by atoms with E-state index in [2.05, 4.69) is 10.6 Å². The third-order valence-electron chi connectivity index (χ3n) is 4.26. The van der Waals surface area contributed by atoms with E-state index in [0.717, 1.165) is 11.4 Å². The van der Waals surface area contributed by atoms with Crippen LogP contribution in [0.3, 0.4) is 0 Å². The van der Waals surface area contributed by atoms with Crippen molar-refractivity contribution in [3.05, 3.63) is 84.4 Å². The number of nitriles is 1. The second-order valence-electron chi connectivity index (χ2n) is 6.58. The molecule has 0 radical (unpaired) electrons. The summed E-state index contributed by atoms with van der Waals surface area (Å²) in [6.07, 6.45) is -1.04. The number of anilines is 3. The number of hydrogen-bond acceptors (Lipinski definition) is 6. The average Bonchev–Trinajstić information content (AvgIpc) is 2.79. The molecule has 0 unspecified atom stereocenters. The summed E-state index contributed by atoms with van der Waals surface area (Å²) >= 11 is 0. The van der Waals surface area contributed by atoms with Crippen LogP contribution in [0.1, 0.15) is 12.5 Å². The van der Waals surface area contributed by atoms with E-state index >= 15 is 0 Å². The van der Waals surface area contributed by atoms with Crippen LogP contribution in [0.15, 0.2) is 78.9 Å². The van der Waals surface area contributed by atoms with Gasteiger partial charge in [0.2, 0.25) is 0 Å². The third kappa shape index (κ3) is 6.34. The summed E-state index contributed by atoms with van der Waals surface area (Å²) < 4.78 is 10.5. The molecule has 0 fully saturated rings. The molecule has 0 saturated heterocycles. The molecule has 0 aliphatic carbocycles. The second kappa shape index (κ2) is 10.5. The van der Waals surface area contributed by atoms with Crippen LogP contribution < -0.4 is 15.4 Å². The molecular formula is C24H21N3O4. The van der Waals surface area contributed by atoms with Gasteiger partial charge in [0.15, 0.2) is 12.7 Å². The molecule has 1 amide bonds. The third-order valence-corrected chi connectivity index (χ3v) is 4.26.